The number of aromatic nitrogens is 2. The standard InChI is InChI=1S/C17H12FN3O4/c18-11-7-5-10(6-8-11)15(22)19-17-21-20-16(25-17)14-9-23-12-3-1-2-4-13(12)24-14/h1-8,14H,9H2,(H,19,21,22)/t14-/m1/s1. The van der Waals surface area contributed by atoms with Crippen LogP contribution in [0.2, 0.25) is 0 Å². The third-order valence-electron chi connectivity index (χ3n) is 3.55. The number of carbonyl (C=O) groups is 1. The van der Waals surface area contributed by atoms with Crippen LogP contribution in [-0.2, 0) is 0 Å². The first-order valence-corrected chi connectivity index (χ1v) is 7.48. The first-order valence-electron chi connectivity index (χ1n) is 7.48. The predicted octanol–water partition coefficient (Wildman–Crippen LogP) is 2.97. The van der Waals surface area contributed by atoms with Crippen molar-refractivity contribution >= 4 is 11.9 Å². The van der Waals surface area contributed by atoms with Gasteiger partial charge in [0, 0.05) is 5.56 Å². The normalized spacial score (nSPS) is 15.6. The van der Waals surface area contributed by atoms with Crippen molar-refractivity contribution in [2.24, 2.45) is 0 Å². The Kier molecular flexibility index (Phi) is 3.77. The molecule has 0 unspecified atom stereocenters. The number of amides is 1. The number of hydrogen-bond acceptors (Lipinski definition) is 6. The van der Waals surface area contributed by atoms with Gasteiger partial charge in [-0.2, -0.15) is 0 Å². The zero-order chi connectivity index (χ0) is 17.2. The molecule has 1 atom stereocenters. The molecule has 0 fully saturated rings. The average molecular weight is 341 g/mol. The van der Waals surface area contributed by atoms with E-state index in [2.05, 4.69) is 15.5 Å². The van der Waals surface area contributed by atoms with Crippen LogP contribution in [-0.4, -0.2) is 22.7 Å². The first kappa shape index (κ1) is 15.1. The minimum absolute atomic E-state index is 0.0771. The van der Waals surface area contributed by atoms with Gasteiger partial charge < -0.3 is 13.9 Å². The van der Waals surface area contributed by atoms with Gasteiger partial charge >= 0.3 is 6.01 Å². The van der Waals surface area contributed by atoms with Crippen molar-refractivity contribution in [2.75, 3.05) is 11.9 Å². The maximum atomic E-state index is 12.9. The topological polar surface area (TPSA) is 86.5 Å². The highest BCUT2D eigenvalue weighted by Gasteiger charge is 2.27. The summed E-state index contributed by atoms with van der Waals surface area (Å²) in [6.07, 6.45) is -0.570. The van der Waals surface area contributed by atoms with Crippen molar-refractivity contribution in [2.45, 2.75) is 6.10 Å². The van der Waals surface area contributed by atoms with E-state index in [1.807, 2.05) is 12.1 Å². The number of fused-ring (bicyclic) bond motifs is 1. The lowest BCUT2D eigenvalue weighted by atomic mass is 10.2. The summed E-state index contributed by atoms with van der Waals surface area (Å²) < 4.78 is 29.7. The number of para-hydroxylation sites is 2. The summed E-state index contributed by atoms with van der Waals surface area (Å²) >= 11 is 0. The van der Waals surface area contributed by atoms with Gasteiger partial charge in [-0.15, -0.1) is 5.10 Å². The number of benzene rings is 2. The molecule has 126 valence electrons. The highest BCUT2D eigenvalue weighted by Crippen LogP contribution is 2.35. The van der Waals surface area contributed by atoms with Gasteiger partial charge in [0.25, 0.3) is 11.8 Å². The van der Waals surface area contributed by atoms with Crippen molar-refractivity contribution in [1.82, 2.24) is 10.2 Å². The van der Waals surface area contributed by atoms with Crippen LogP contribution in [0.25, 0.3) is 0 Å². The predicted molar refractivity (Wildman–Crippen MR) is 84.0 cm³/mol. The van der Waals surface area contributed by atoms with Crippen molar-refractivity contribution in [3.8, 4) is 11.5 Å². The molecule has 1 N–H and O–H groups in total. The van der Waals surface area contributed by atoms with E-state index < -0.39 is 17.8 Å². The van der Waals surface area contributed by atoms with E-state index in [0.717, 1.165) is 0 Å². The molecule has 2 heterocycles. The number of nitrogens with one attached hydrogen (secondary N) is 1. The van der Waals surface area contributed by atoms with Crippen LogP contribution in [0, 0.1) is 5.82 Å². The highest BCUT2D eigenvalue weighted by molar-refractivity contribution is 6.03. The number of hydrogen-bond donors (Lipinski definition) is 1. The summed E-state index contributed by atoms with van der Waals surface area (Å²) in [4.78, 5) is 12.1. The lowest BCUT2D eigenvalue weighted by molar-refractivity contribution is 0.0716. The molecule has 7 nitrogen and oxygen atoms in total. The molecule has 3 aromatic rings. The number of ether oxygens (including phenoxy) is 2. The Morgan fingerprint density at radius 1 is 1.08 bits per heavy atom. The summed E-state index contributed by atoms with van der Waals surface area (Å²) in [6, 6.07) is 12.3. The Balaban J connectivity index is 1.46. The zero-order valence-corrected chi connectivity index (χ0v) is 12.8. The number of anilines is 1. The van der Waals surface area contributed by atoms with Gasteiger partial charge in [-0.1, -0.05) is 17.2 Å². The average Bonchev–Trinajstić information content (AvgIpc) is 3.10. The maximum Gasteiger partial charge on any atom is 0.322 e. The van der Waals surface area contributed by atoms with E-state index in [4.69, 9.17) is 13.9 Å². The second-order valence-corrected chi connectivity index (χ2v) is 5.27. The molecular weight excluding hydrogens is 329 g/mol. The summed E-state index contributed by atoms with van der Waals surface area (Å²) in [5.74, 6) is 0.494. The van der Waals surface area contributed by atoms with Gasteiger partial charge in [0.2, 0.25) is 6.10 Å². The fourth-order valence-electron chi connectivity index (χ4n) is 2.33. The molecule has 1 aliphatic rings. The van der Waals surface area contributed by atoms with E-state index in [0.29, 0.717) is 11.5 Å². The van der Waals surface area contributed by atoms with Gasteiger partial charge in [0.1, 0.15) is 12.4 Å². The van der Waals surface area contributed by atoms with E-state index in [1.54, 1.807) is 12.1 Å². The molecule has 1 aliphatic heterocycles. The van der Waals surface area contributed by atoms with Gasteiger partial charge in [-0.05, 0) is 36.4 Å². The van der Waals surface area contributed by atoms with Crippen LogP contribution in [0.4, 0.5) is 10.4 Å². The lowest BCUT2D eigenvalue weighted by Gasteiger charge is -2.23. The largest absolute Gasteiger partial charge is 0.485 e. The molecule has 2 aromatic carbocycles. The SMILES string of the molecule is O=C(Nc1nnc([C@H]2COc3ccccc3O2)o1)c1ccc(F)cc1. The van der Waals surface area contributed by atoms with Gasteiger partial charge in [0.15, 0.2) is 11.5 Å². The second kappa shape index (κ2) is 6.23. The summed E-state index contributed by atoms with van der Waals surface area (Å²) in [6.45, 7) is 0.213. The molecule has 1 aromatic heterocycles. The monoisotopic (exact) mass is 341 g/mol. The van der Waals surface area contributed by atoms with E-state index in [-0.39, 0.29) is 24.1 Å². The number of nitrogens with zero attached hydrogens (tertiary/aromatic N) is 2. The lowest BCUT2D eigenvalue weighted by Crippen LogP contribution is -2.21. The van der Waals surface area contributed by atoms with Crippen molar-refractivity contribution in [1.29, 1.82) is 0 Å². The van der Waals surface area contributed by atoms with Crippen molar-refractivity contribution in [3.05, 3.63) is 65.8 Å². The Bertz CT molecular complexity index is 910. The molecule has 1 amide bonds. The smallest absolute Gasteiger partial charge is 0.322 e. The molecule has 0 radical (unpaired) electrons. The third kappa shape index (κ3) is 3.14. The Morgan fingerprint density at radius 2 is 1.84 bits per heavy atom. The molecule has 0 saturated heterocycles. The number of carbonyl (C=O) groups excluding carboxylic acids is 1. The minimum atomic E-state index is -0.570. The number of halogens is 1. The minimum Gasteiger partial charge on any atom is -0.485 e. The van der Waals surface area contributed by atoms with E-state index >= 15 is 0 Å². The quantitative estimate of drug-likeness (QED) is 0.788. The fraction of sp³-hybridized carbons (Fsp3) is 0.118. The molecule has 0 aliphatic carbocycles. The van der Waals surface area contributed by atoms with Crippen LogP contribution in [0.15, 0.2) is 52.9 Å². The van der Waals surface area contributed by atoms with Crippen LogP contribution in [0.3, 0.4) is 0 Å². The third-order valence-corrected chi connectivity index (χ3v) is 3.55. The molecule has 0 spiro atoms. The van der Waals surface area contributed by atoms with Gasteiger partial charge in [-0.25, -0.2) is 4.39 Å². The maximum absolute atomic E-state index is 12.9. The van der Waals surface area contributed by atoms with Crippen LogP contribution >= 0.6 is 0 Å². The first-order chi connectivity index (χ1) is 12.2. The Morgan fingerprint density at radius 3 is 2.64 bits per heavy atom. The second-order valence-electron chi connectivity index (χ2n) is 5.27. The van der Waals surface area contributed by atoms with Gasteiger partial charge in [-0.3, -0.25) is 10.1 Å². The van der Waals surface area contributed by atoms with Gasteiger partial charge in [0.05, 0.1) is 0 Å². The van der Waals surface area contributed by atoms with Crippen LogP contribution in [0.5, 0.6) is 11.5 Å². The summed E-state index contributed by atoms with van der Waals surface area (Å²) in [7, 11) is 0. The van der Waals surface area contributed by atoms with Crippen LogP contribution < -0.4 is 14.8 Å². The van der Waals surface area contributed by atoms with E-state index in [1.165, 1.54) is 24.3 Å². The summed E-state index contributed by atoms with van der Waals surface area (Å²) in [5, 5.41) is 10.1. The zero-order valence-electron chi connectivity index (χ0n) is 12.8. The van der Waals surface area contributed by atoms with E-state index in [9.17, 15) is 9.18 Å². The Hall–Kier alpha value is -3.42. The molecule has 0 bridgehead atoms. The number of rotatable bonds is 3. The molecular formula is C17H12FN3O4. The van der Waals surface area contributed by atoms with Crippen molar-refractivity contribution < 1.29 is 23.1 Å². The highest BCUT2D eigenvalue weighted by atomic mass is 19.1. The van der Waals surface area contributed by atoms with Crippen molar-refractivity contribution in [3.63, 3.8) is 0 Å². The molecule has 4 rings (SSSR count). The summed E-state index contributed by atoms with van der Waals surface area (Å²) in [5.41, 5.74) is 0.271. The molecule has 8 heteroatoms. The van der Waals surface area contributed by atoms with Crippen LogP contribution in [0.1, 0.15) is 22.4 Å². The molecule has 25 heavy (non-hydrogen) atoms. The Labute approximate surface area is 141 Å². The fourth-order valence-corrected chi connectivity index (χ4v) is 2.33. The molecule has 0 saturated carbocycles.